The van der Waals surface area contributed by atoms with Gasteiger partial charge < -0.3 is 9.84 Å². The Morgan fingerprint density at radius 3 is 1.86 bits per heavy atom. The van der Waals surface area contributed by atoms with Gasteiger partial charge in [0.2, 0.25) is 0 Å². The Morgan fingerprint density at radius 2 is 1.50 bits per heavy atom. The highest BCUT2D eigenvalue weighted by Crippen LogP contribution is 2.10. The lowest BCUT2D eigenvalue weighted by Gasteiger charge is -1.96. The summed E-state index contributed by atoms with van der Waals surface area (Å²) in [7, 11) is 0. The van der Waals surface area contributed by atoms with Crippen LogP contribution in [0, 0.1) is 0 Å². The number of ether oxygens (including phenoxy) is 1. The van der Waals surface area contributed by atoms with Crippen molar-refractivity contribution in [2.45, 2.75) is 6.92 Å². The third-order valence-electron chi connectivity index (χ3n) is 2.15. The lowest BCUT2D eigenvalue weighted by atomic mass is 10.3. The maximum absolute atomic E-state index is 11.1. The molecule has 0 amide bonds. The van der Waals surface area contributed by atoms with E-state index < -0.39 is 23.5 Å². The summed E-state index contributed by atoms with van der Waals surface area (Å²) in [5, 5.41) is 11.6. The van der Waals surface area contributed by atoms with Gasteiger partial charge in [-0.05, 0) is 29.8 Å². The standard InChI is InChI=1S/C8H8O3S.C6H4O3S/c1-2-11-8(10)7(9)6-4-3-5-12-6;7-5(6(8)9)4-2-1-3-10-4/h3-5H,2H2,1H3;1-3H,(H,8,9). The summed E-state index contributed by atoms with van der Waals surface area (Å²) in [5.41, 5.74) is 0. The van der Waals surface area contributed by atoms with Crippen molar-refractivity contribution in [2.24, 2.45) is 0 Å². The molecule has 2 aromatic rings. The Balaban J connectivity index is 0.000000224. The van der Waals surface area contributed by atoms with Crippen LogP contribution in [0.2, 0.25) is 0 Å². The van der Waals surface area contributed by atoms with E-state index in [1.807, 2.05) is 0 Å². The first-order valence-electron chi connectivity index (χ1n) is 6.03. The van der Waals surface area contributed by atoms with Crippen LogP contribution in [-0.4, -0.2) is 35.2 Å². The molecule has 0 aliphatic rings. The van der Waals surface area contributed by atoms with E-state index in [1.165, 1.54) is 17.4 Å². The zero-order valence-corrected chi connectivity index (χ0v) is 13.1. The average Bonchev–Trinajstić information content (AvgIpc) is 3.19. The number of thiophene rings is 2. The highest BCUT2D eigenvalue weighted by atomic mass is 32.1. The molecule has 6 nitrogen and oxygen atoms in total. The highest BCUT2D eigenvalue weighted by molar-refractivity contribution is 7.13. The van der Waals surface area contributed by atoms with Gasteiger partial charge in [-0.2, -0.15) is 0 Å². The topological polar surface area (TPSA) is 97.7 Å². The lowest BCUT2D eigenvalue weighted by Crippen LogP contribution is -2.16. The number of hydrogen-bond donors (Lipinski definition) is 1. The summed E-state index contributed by atoms with van der Waals surface area (Å²) in [5.74, 6) is -3.58. The van der Waals surface area contributed by atoms with Crippen LogP contribution in [0.4, 0.5) is 0 Å². The first-order valence-corrected chi connectivity index (χ1v) is 7.79. The van der Waals surface area contributed by atoms with Gasteiger partial charge in [-0.25, -0.2) is 9.59 Å². The molecule has 116 valence electrons. The van der Waals surface area contributed by atoms with E-state index in [1.54, 1.807) is 35.9 Å². The third-order valence-corrected chi connectivity index (χ3v) is 3.88. The first-order chi connectivity index (χ1) is 10.5. The smallest absolute Gasteiger partial charge is 0.380 e. The molecule has 2 rings (SSSR count). The van der Waals surface area contributed by atoms with Crippen LogP contribution in [-0.2, 0) is 14.3 Å². The van der Waals surface area contributed by atoms with E-state index >= 15 is 0 Å². The summed E-state index contributed by atoms with van der Waals surface area (Å²) in [6.07, 6.45) is 0. The maximum atomic E-state index is 11.1. The van der Waals surface area contributed by atoms with Crippen LogP contribution in [0.1, 0.15) is 26.3 Å². The second-order valence-electron chi connectivity index (χ2n) is 3.64. The van der Waals surface area contributed by atoms with E-state index in [9.17, 15) is 19.2 Å². The number of aliphatic carboxylic acids is 1. The Bertz CT molecular complexity index is 643. The van der Waals surface area contributed by atoms with Crippen molar-refractivity contribution < 1.29 is 29.0 Å². The second kappa shape index (κ2) is 8.85. The Kier molecular flexibility index (Phi) is 7.14. The molecule has 0 fully saturated rings. The number of carboxylic acid groups (broad SMARTS) is 1. The molecule has 22 heavy (non-hydrogen) atoms. The van der Waals surface area contributed by atoms with E-state index in [2.05, 4.69) is 4.74 Å². The second-order valence-corrected chi connectivity index (χ2v) is 5.53. The molecule has 0 aliphatic carbocycles. The fraction of sp³-hybridized carbons (Fsp3) is 0.143. The molecule has 2 heterocycles. The van der Waals surface area contributed by atoms with Gasteiger partial charge in [0.1, 0.15) is 0 Å². The SMILES string of the molecule is CCOC(=O)C(=O)c1cccs1.O=C(O)C(=O)c1cccs1. The van der Waals surface area contributed by atoms with Crippen molar-refractivity contribution in [2.75, 3.05) is 6.61 Å². The van der Waals surface area contributed by atoms with Crippen molar-refractivity contribution in [3.05, 3.63) is 44.8 Å². The molecule has 0 saturated heterocycles. The maximum Gasteiger partial charge on any atom is 0.380 e. The van der Waals surface area contributed by atoms with Crippen LogP contribution in [0.3, 0.4) is 0 Å². The lowest BCUT2D eigenvalue weighted by molar-refractivity contribution is -0.137. The molecule has 0 bridgehead atoms. The van der Waals surface area contributed by atoms with Crippen LogP contribution in [0.5, 0.6) is 0 Å². The predicted octanol–water partition coefficient (Wildman–Crippen LogP) is 2.51. The number of ketones is 2. The molecular formula is C14H12O6S2. The molecule has 0 spiro atoms. The van der Waals surface area contributed by atoms with Crippen molar-refractivity contribution in [3.63, 3.8) is 0 Å². The van der Waals surface area contributed by atoms with Gasteiger partial charge in [0.25, 0.3) is 11.6 Å². The van der Waals surface area contributed by atoms with Crippen LogP contribution in [0.25, 0.3) is 0 Å². The quantitative estimate of drug-likeness (QED) is 0.510. The number of carbonyl (C=O) groups is 4. The highest BCUT2D eigenvalue weighted by Gasteiger charge is 2.17. The number of carboxylic acids is 1. The van der Waals surface area contributed by atoms with Gasteiger partial charge >= 0.3 is 11.9 Å². The van der Waals surface area contributed by atoms with Crippen molar-refractivity contribution in [3.8, 4) is 0 Å². The van der Waals surface area contributed by atoms with Gasteiger partial charge in [-0.15, -0.1) is 22.7 Å². The fourth-order valence-corrected chi connectivity index (χ4v) is 2.52. The molecule has 0 radical (unpaired) electrons. The van der Waals surface area contributed by atoms with Crippen LogP contribution in [0.15, 0.2) is 35.0 Å². The molecule has 0 atom stereocenters. The molecule has 0 unspecified atom stereocenters. The number of esters is 1. The molecule has 8 heteroatoms. The number of hydrogen-bond acceptors (Lipinski definition) is 7. The summed E-state index contributed by atoms with van der Waals surface area (Å²) in [6.45, 7) is 1.90. The van der Waals surface area contributed by atoms with Crippen LogP contribution >= 0.6 is 22.7 Å². The number of Topliss-reactive ketones (excluding diaryl/α,β-unsaturated/α-hetero) is 2. The zero-order chi connectivity index (χ0) is 16.5. The minimum atomic E-state index is -1.40. The number of carbonyl (C=O) groups excluding carboxylic acids is 3. The fourth-order valence-electron chi connectivity index (χ4n) is 1.22. The summed E-state index contributed by atoms with van der Waals surface area (Å²) < 4.78 is 4.55. The monoisotopic (exact) mass is 340 g/mol. The Labute approximate surface area is 134 Å². The molecule has 0 aliphatic heterocycles. The van der Waals surface area contributed by atoms with Crippen molar-refractivity contribution in [1.29, 1.82) is 0 Å². The molecule has 2 aromatic heterocycles. The minimum absolute atomic E-state index is 0.232. The minimum Gasteiger partial charge on any atom is -0.475 e. The van der Waals surface area contributed by atoms with Gasteiger partial charge in [-0.3, -0.25) is 9.59 Å². The van der Waals surface area contributed by atoms with Gasteiger partial charge in [0, 0.05) is 0 Å². The van der Waals surface area contributed by atoms with E-state index in [0.717, 1.165) is 11.3 Å². The Morgan fingerprint density at radius 1 is 1.00 bits per heavy atom. The largest absolute Gasteiger partial charge is 0.475 e. The van der Waals surface area contributed by atoms with Gasteiger partial charge in [0.15, 0.2) is 0 Å². The third kappa shape index (κ3) is 5.23. The Hall–Kier alpha value is -2.32. The van der Waals surface area contributed by atoms with Gasteiger partial charge in [0.05, 0.1) is 16.4 Å². The summed E-state index contributed by atoms with van der Waals surface area (Å²) >= 11 is 2.36. The average molecular weight is 340 g/mol. The van der Waals surface area contributed by atoms with Crippen molar-refractivity contribution in [1.82, 2.24) is 0 Å². The molecule has 0 aromatic carbocycles. The van der Waals surface area contributed by atoms with Gasteiger partial charge in [-0.1, -0.05) is 12.1 Å². The number of rotatable bonds is 5. The van der Waals surface area contributed by atoms with Crippen molar-refractivity contribution >= 4 is 46.2 Å². The molecular weight excluding hydrogens is 328 g/mol. The molecule has 1 N–H and O–H groups in total. The van der Waals surface area contributed by atoms with Crippen LogP contribution < -0.4 is 0 Å². The van der Waals surface area contributed by atoms with E-state index in [0.29, 0.717) is 4.88 Å². The summed E-state index contributed by atoms with van der Waals surface area (Å²) in [6, 6.07) is 6.45. The zero-order valence-electron chi connectivity index (χ0n) is 11.5. The first kappa shape index (κ1) is 17.7. The van der Waals surface area contributed by atoms with E-state index in [4.69, 9.17) is 5.11 Å². The normalized spacial score (nSPS) is 9.32. The van der Waals surface area contributed by atoms with E-state index in [-0.39, 0.29) is 11.5 Å². The summed E-state index contributed by atoms with van der Waals surface area (Å²) in [4.78, 5) is 43.4. The predicted molar refractivity (Wildman–Crippen MR) is 81.6 cm³/mol. The molecule has 0 saturated carbocycles.